The minimum atomic E-state index is 0.0562. The molecule has 70 valence electrons. The van der Waals surface area contributed by atoms with Crippen molar-refractivity contribution in [3.8, 4) is 0 Å². The molecule has 1 saturated heterocycles. The van der Waals surface area contributed by atoms with E-state index < -0.39 is 0 Å². The third kappa shape index (κ3) is 2.05. The normalized spacial score (nSPS) is 16.5. The van der Waals surface area contributed by atoms with Gasteiger partial charge in [-0.2, -0.15) is 0 Å². The number of rotatable bonds is 1. The van der Waals surface area contributed by atoms with Crippen LogP contribution in [0.1, 0.15) is 9.80 Å². The van der Waals surface area contributed by atoms with Crippen LogP contribution in [0.2, 0.25) is 0 Å². The number of thiazole rings is 1. The van der Waals surface area contributed by atoms with Crippen molar-refractivity contribution in [2.45, 2.75) is 0 Å². The molecule has 6 heteroatoms. The highest BCUT2D eigenvalue weighted by atomic mass is 79.9. The molecule has 1 fully saturated rings. The maximum atomic E-state index is 11.7. The molecule has 13 heavy (non-hydrogen) atoms. The molecule has 1 aromatic heterocycles. The molecule has 0 saturated carbocycles. The van der Waals surface area contributed by atoms with Crippen molar-refractivity contribution in [2.75, 3.05) is 18.2 Å². The molecule has 0 spiro atoms. The summed E-state index contributed by atoms with van der Waals surface area (Å²) in [7, 11) is 0. The monoisotopic (exact) mass is 278 g/mol. The molecule has 0 aromatic carbocycles. The Bertz CT molecular complexity index is 322. The second-order valence-electron chi connectivity index (χ2n) is 2.58. The second-order valence-corrected chi connectivity index (χ2v) is 6.06. The molecule has 1 aliphatic heterocycles. The number of aromatic nitrogens is 1. The lowest BCUT2D eigenvalue weighted by Crippen LogP contribution is -2.27. The molecule has 0 bridgehead atoms. The molecular weight excluding hydrogens is 272 g/mol. The third-order valence-corrected chi connectivity index (χ3v) is 4.13. The van der Waals surface area contributed by atoms with Crippen LogP contribution in [0.25, 0.3) is 0 Å². The van der Waals surface area contributed by atoms with Gasteiger partial charge in [0.25, 0.3) is 5.91 Å². The summed E-state index contributed by atoms with van der Waals surface area (Å²) in [5.74, 6) is 1.90. The maximum Gasteiger partial charge on any atom is 0.283 e. The molecule has 0 unspecified atom stereocenters. The highest BCUT2D eigenvalue weighted by Crippen LogP contribution is 2.22. The Morgan fingerprint density at radius 3 is 3.08 bits per heavy atom. The molecular formula is C7H7BrN2OS2. The summed E-state index contributed by atoms with van der Waals surface area (Å²) in [6.07, 6.45) is 1.67. The lowest BCUT2D eigenvalue weighted by Gasteiger charge is -2.11. The largest absolute Gasteiger partial charge is 0.327 e. The van der Waals surface area contributed by atoms with Gasteiger partial charge >= 0.3 is 0 Å². The predicted molar refractivity (Wildman–Crippen MR) is 58.2 cm³/mol. The average Bonchev–Trinajstić information content (AvgIpc) is 2.72. The summed E-state index contributed by atoms with van der Waals surface area (Å²) in [4.78, 5) is 17.6. The first kappa shape index (κ1) is 9.48. The molecule has 0 atom stereocenters. The lowest BCUT2D eigenvalue weighted by atomic mass is 10.5. The first-order valence-electron chi connectivity index (χ1n) is 3.76. The van der Waals surface area contributed by atoms with Gasteiger partial charge in [-0.1, -0.05) is 0 Å². The van der Waals surface area contributed by atoms with E-state index in [2.05, 4.69) is 20.9 Å². The van der Waals surface area contributed by atoms with E-state index >= 15 is 0 Å². The Labute approximate surface area is 92.7 Å². The van der Waals surface area contributed by atoms with Crippen molar-refractivity contribution in [3.05, 3.63) is 15.0 Å². The smallest absolute Gasteiger partial charge is 0.283 e. The molecule has 2 heterocycles. The zero-order chi connectivity index (χ0) is 9.26. The topological polar surface area (TPSA) is 33.2 Å². The SMILES string of the molecule is O=C(c1ncc(Br)s1)N1CCSC1. The van der Waals surface area contributed by atoms with Crippen LogP contribution in [-0.2, 0) is 0 Å². The van der Waals surface area contributed by atoms with E-state index in [1.54, 1.807) is 18.0 Å². The molecule has 0 radical (unpaired) electrons. The first-order valence-corrected chi connectivity index (χ1v) is 6.52. The molecule has 1 aromatic rings. The fourth-order valence-corrected chi connectivity index (χ4v) is 3.18. The molecule has 2 rings (SSSR count). The Kier molecular flexibility index (Phi) is 2.90. The molecule has 3 nitrogen and oxygen atoms in total. The van der Waals surface area contributed by atoms with E-state index in [4.69, 9.17) is 0 Å². The Hall–Kier alpha value is -0.0700. The van der Waals surface area contributed by atoms with E-state index in [1.807, 2.05) is 4.90 Å². The van der Waals surface area contributed by atoms with Crippen molar-refractivity contribution in [1.82, 2.24) is 9.88 Å². The van der Waals surface area contributed by atoms with Gasteiger partial charge in [0.15, 0.2) is 5.01 Å². The third-order valence-electron chi connectivity index (χ3n) is 1.70. The van der Waals surface area contributed by atoms with E-state index in [0.717, 1.165) is 22.0 Å². The number of hydrogen-bond acceptors (Lipinski definition) is 4. The van der Waals surface area contributed by atoms with Crippen LogP contribution < -0.4 is 0 Å². The summed E-state index contributed by atoms with van der Waals surface area (Å²) >= 11 is 6.46. The fourth-order valence-electron chi connectivity index (χ4n) is 1.06. The van der Waals surface area contributed by atoms with Crippen molar-refractivity contribution in [1.29, 1.82) is 0 Å². The summed E-state index contributed by atoms with van der Waals surface area (Å²) in [5, 5.41) is 0.578. The van der Waals surface area contributed by atoms with Gasteiger partial charge in [0.05, 0.1) is 15.9 Å². The van der Waals surface area contributed by atoms with Gasteiger partial charge in [-0.3, -0.25) is 4.79 Å². The van der Waals surface area contributed by atoms with Gasteiger partial charge in [0.1, 0.15) is 0 Å². The van der Waals surface area contributed by atoms with E-state index in [-0.39, 0.29) is 5.91 Å². The average molecular weight is 279 g/mol. The summed E-state index contributed by atoms with van der Waals surface area (Å²) < 4.78 is 0.905. The van der Waals surface area contributed by atoms with Crippen LogP contribution in [0.3, 0.4) is 0 Å². The zero-order valence-corrected chi connectivity index (χ0v) is 9.91. The predicted octanol–water partition coefficient (Wildman–Crippen LogP) is 2.05. The van der Waals surface area contributed by atoms with Crippen LogP contribution in [0, 0.1) is 0 Å². The van der Waals surface area contributed by atoms with Crippen molar-refractivity contribution in [3.63, 3.8) is 0 Å². The first-order chi connectivity index (χ1) is 6.27. The van der Waals surface area contributed by atoms with Gasteiger partial charge in [0.2, 0.25) is 0 Å². The van der Waals surface area contributed by atoms with Crippen LogP contribution in [0.5, 0.6) is 0 Å². The molecule has 0 N–H and O–H groups in total. The van der Waals surface area contributed by atoms with Crippen LogP contribution in [-0.4, -0.2) is 34.0 Å². The van der Waals surface area contributed by atoms with Crippen LogP contribution in [0.4, 0.5) is 0 Å². The second kappa shape index (κ2) is 3.98. The highest BCUT2D eigenvalue weighted by Gasteiger charge is 2.21. The number of halogens is 1. The molecule has 1 amide bonds. The summed E-state index contributed by atoms with van der Waals surface area (Å²) in [6.45, 7) is 0.848. The van der Waals surface area contributed by atoms with Crippen LogP contribution >= 0.6 is 39.0 Å². The Balaban J connectivity index is 2.12. The number of nitrogens with zero attached hydrogens (tertiary/aromatic N) is 2. The number of carbonyl (C=O) groups is 1. The highest BCUT2D eigenvalue weighted by molar-refractivity contribution is 9.11. The van der Waals surface area contributed by atoms with Gasteiger partial charge in [-0.25, -0.2) is 4.98 Å². The van der Waals surface area contributed by atoms with Crippen molar-refractivity contribution >= 4 is 44.9 Å². The van der Waals surface area contributed by atoms with Gasteiger partial charge < -0.3 is 4.90 Å². The van der Waals surface area contributed by atoms with Crippen LogP contribution in [0.15, 0.2) is 9.98 Å². The summed E-state index contributed by atoms with van der Waals surface area (Å²) in [6, 6.07) is 0. The number of carbonyl (C=O) groups excluding carboxylic acids is 1. The quantitative estimate of drug-likeness (QED) is 0.789. The lowest BCUT2D eigenvalue weighted by molar-refractivity contribution is 0.0802. The molecule has 0 aliphatic carbocycles. The van der Waals surface area contributed by atoms with Crippen molar-refractivity contribution < 1.29 is 4.79 Å². The van der Waals surface area contributed by atoms with E-state index in [9.17, 15) is 4.79 Å². The van der Waals surface area contributed by atoms with E-state index in [0.29, 0.717) is 5.01 Å². The minimum absolute atomic E-state index is 0.0562. The summed E-state index contributed by atoms with van der Waals surface area (Å²) in [5.41, 5.74) is 0. The van der Waals surface area contributed by atoms with Gasteiger partial charge in [-0.05, 0) is 15.9 Å². The van der Waals surface area contributed by atoms with E-state index in [1.165, 1.54) is 11.3 Å². The van der Waals surface area contributed by atoms with Gasteiger partial charge in [-0.15, -0.1) is 23.1 Å². The molecule has 1 aliphatic rings. The number of thioether (sulfide) groups is 1. The fraction of sp³-hybridized carbons (Fsp3) is 0.429. The standard InChI is InChI=1S/C7H7BrN2OS2/c8-5-3-9-6(13-5)7(11)10-1-2-12-4-10/h3H,1-2,4H2. The Morgan fingerprint density at radius 1 is 1.69 bits per heavy atom. The number of hydrogen-bond donors (Lipinski definition) is 0. The number of amides is 1. The van der Waals surface area contributed by atoms with Crippen molar-refractivity contribution in [2.24, 2.45) is 0 Å². The maximum absolute atomic E-state index is 11.7. The zero-order valence-electron chi connectivity index (χ0n) is 6.70. The van der Waals surface area contributed by atoms with Gasteiger partial charge in [0, 0.05) is 12.3 Å². The Morgan fingerprint density at radius 2 is 2.54 bits per heavy atom. The minimum Gasteiger partial charge on any atom is -0.327 e.